The fraction of sp³-hybridized carbons (Fsp3) is 0.182. The summed E-state index contributed by atoms with van der Waals surface area (Å²) in [6, 6.07) is 17.6. The van der Waals surface area contributed by atoms with Crippen LogP contribution in [0, 0.1) is 6.92 Å². The van der Waals surface area contributed by atoms with Gasteiger partial charge in [-0.05, 0) is 42.1 Å². The van der Waals surface area contributed by atoms with Gasteiger partial charge in [0.1, 0.15) is 0 Å². The number of rotatable bonds is 5. The van der Waals surface area contributed by atoms with Crippen LogP contribution in [0.2, 0.25) is 0 Å². The number of anilines is 2. The summed E-state index contributed by atoms with van der Waals surface area (Å²) >= 11 is 3.13. The van der Waals surface area contributed by atoms with E-state index in [0.717, 1.165) is 21.0 Å². The minimum Gasteiger partial charge on any atom is -0.333 e. The molecule has 0 saturated carbocycles. The lowest BCUT2D eigenvalue weighted by molar-refractivity contribution is -0.116. The Morgan fingerprint density at radius 2 is 1.97 bits per heavy atom. The highest BCUT2D eigenvalue weighted by Gasteiger charge is 2.25. The quantitative estimate of drug-likeness (QED) is 0.606. The fourth-order valence-corrected chi connectivity index (χ4v) is 4.65. The Morgan fingerprint density at radius 3 is 2.72 bits per heavy atom. The first-order chi connectivity index (χ1) is 14.1. The van der Waals surface area contributed by atoms with Crippen LogP contribution in [0.5, 0.6) is 0 Å². The highest BCUT2D eigenvalue weighted by Crippen LogP contribution is 2.38. The van der Waals surface area contributed by atoms with Gasteiger partial charge in [-0.2, -0.15) is 0 Å². The van der Waals surface area contributed by atoms with Crippen LogP contribution >= 0.6 is 23.1 Å². The summed E-state index contributed by atoms with van der Waals surface area (Å²) < 4.78 is 0. The maximum Gasteiger partial charge on any atom is 0.319 e. The Balaban J connectivity index is 1.49. The summed E-state index contributed by atoms with van der Waals surface area (Å²) in [5.74, 6) is 0.495. The van der Waals surface area contributed by atoms with Gasteiger partial charge in [0.25, 0.3) is 0 Å². The number of nitrogens with one attached hydrogen (secondary N) is 2. The molecule has 3 amide bonds. The number of fused-ring (bicyclic) bond motifs is 1. The maximum atomic E-state index is 12.6. The third-order valence-corrected chi connectivity index (χ3v) is 6.55. The molecular formula is C22H21N3O2S2. The zero-order valence-electron chi connectivity index (χ0n) is 16.0. The number of carbonyl (C=O) groups is 2. The van der Waals surface area contributed by atoms with E-state index in [0.29, 0.717) is 24.5 Å². The Hall–Kier alpha value is -2.77. The van der Waals surface area contributed by atoms with Crippen molar-refractivity contribution >= 4 is 46.4 Å². The third kappa shape index (κ3) is 4.81. The number of carbonyl (C=O) groups excluding carboxylic acids is 2. The molecule has 1 aromatic heterocycles. The lowest BCUT2D eigenvalue weighted by atomic mass is 10.1. The molecule has 29 heavy (non-hydrogen) atoms. The zero-order chi connectivity index (χ0) is 20.2. The van der Waals surface area contributed by atoms with Crippen molar-refractivity contribution in [1.29, 1.82) is 0 Å². The molecule has 1 aliphatic rings. The highest BCUT2D eigenvalue weighted by atomic mass is 32.2. The molecule has 0 unspecified atom stereocenters. The minimum absolute atomic E-state index is 0.0716. The number of thioether (sulfide) groups is 1. The van der Waals surface area contributed by atoms with E-state index in [2.05, 4.69) is 22.8 Å². The largest absolute Gasteiger partial charge is 0.333 e. The normalized spacial score (nSPS) is 13.1. The summed E-state index contributed by atoms with van der Waals surface area (Å²) in [5.41, 5.74) is 3.77. The summed E-state index contributed by atoms with van der Waals surface area (Å²) in [5, 5.41) is 7.70. The van der Waals surface area contributed by atoms with Crippen LogP contribution in [-0.4, -0.2) is 17.7 Å². The number of hydrogen-bond acceptors (Lipinski definition) is 4. The number of benzene rings is 2. The van der Waals surface area contributed by atoms with E-state index in [-0.39, 0.29) is 11.9 Å². The van der Waals surface area contributed by atoms with Gasteiger partial charge in [0.2, 0.25) is 5.91 Å². The first-order valence-corrected chi connectivity index (χ1v) is 11.1. The van der Waals surface area contributed by atoms with E-state index in [1.165, 1.54) is 17.3 Å². The number of amides is 3. The minimum atomic E-state index is -0.266. The highest BCUT2D eigenvalue weighted by molar-refractivity contribution is 8.00. The number of aryl methyl sites for hydroxylation is 1. The molecule has 2 aromatic carbocycles. The van der Waals surface area contributed by atoms with Crippen molar-refractivity contribution in [3.05, 3.63) is 76.0 Å². The molecule has 0 fully saturated rings. The van der Waals surface area contributed by atoms with Crippen LogP contribution in [-0.2, 0) is 17.9 Å². The van der Waals surface area contributed by atoms with Crippen molar-refractivity contribution < 1.29 is 9.59 Å². The predicted octanol–water partition coefficient (Wildman–Crippen LogP) is 5.02. The second-order valence-corrected chi connectivity index (χ2v) is 8.87. The van der Waals surface area contributed by atoms with E-state index in [1.54, 1.807) is 16.2 Å². The lowest BCUT2D eigenvalue weighted by Crippen LogP contribution is -2.35. The molecule has 148 valence electrons. The Morgan fingerprint density at radius 1 is 1.14 bits per heavy atom. The van der Waals surface area contributed by atoms with E-state index in [1.807, 2.05) is 54.8 Å². The van der Waals surface area contributed by atoms with Gasteiger partial charge in [-0.25, -0.2) is 4.79 Å². The number of thiophene rings is 1. The number of hydrogen-bond donors (Lipinski definition) is 2. The first-order valence-electron chi connectivity index (χ1n) is 9.28. The van der Waals surface area contributed by atoms with Gasteiger partial charge in [0.15, 0.2) is 0 Å². The third-order valence-electron chi connectivity index (χ3n) is 4.62. The van der Waals surface area contributed by atoms with Crippen molar-refractivity contribution in [3.63, 3.8) is 0 Å². The molecule has 1 aliphatic heterocycles. The SMILES string of the molecule is Cc1ccc(CN2C(=O)CSc3ccc(NC(=O)NCc4cccs4)cc32)cc1. The van der Waals surface area contributed by atoms with E-state index in [9.17, 15) is 9.59 Å². The molecule has 0 bridgehead atoms. The average Bonchev–Trinajstić information content (AvgIpc) is 3.24. The summed E-state index contributed by atoms with van der Waals surface area (Å²) in [6.07, 6.45) is 0. The molecule has 4 rings (SSSR count). The van der Waals surface area contributed by atoms with Crippen LogP contribution < -0.4 is 15.5 Å². The standard InChI is InChI=1S/C22H21N3O2S2/c1-15-4-6-16(7-5-15)13-25-19-11-17(8-9-20(19)29-14-21(25)26)24-22(27)23-12-18-3-2-10-28-18/h2-11H,12-14H2,1H3,(H2,23,24,27). The van der Waals surface area contributed by atoms with Gasteiger partial charge in [0.05, 0.1) is 24.5 Å². The van der Waals surface area contributed by atoms with E-state index >= 15 is 0 Å². The van der Waals surface area contributed by atoms with Crippen LogP contribution in [0.1, 0.15) is 16.0 Å². The van der Waals surface area contributed by atoms with Gasteiger partial charge in [-0.3, -0.25) is 4.79 Å². The Kier molecular flexibility index (Phi) is 5.87. The Labute approximate surface area is 178 Å². The summed E-state index contributed by atoms with van der Waals surface area (Å²) in [4.78, 5) is 28.8. The molecule has 0 aliphatic carbocycles. The first kappa shape index (κ1) is 19.5. The maximum absolute atomic E-state index is 12.6. The zero-order valence-corrected chi connectivity index (χ0v) is 17.6. The van der Waals surface area contributed by atoms with Crippen LogP contribution in [0.15, 0.2) is 64.9 Å². The molecule has 3 aromatic rings. The van der Waals surface area contributed by atoms with Crippen LogP contribution in [0.3, 0.4) is 0 Å². The molecule has 0 radical (unpaired) electrons. The fourth-order valence-electron chi connectivity index (χ4n) is 3.09. The van der Waals surface area contributed by atoms with Gasteiger partial charge < -0.3 is 15.5 Å². The topological polar surface area (TPSA) is 61.4 Å². The molecule has 2 heterocycles. The molecule has 0 atom stereocenters. The van der Waals surface area contributed by atoms with Crippen molar-refractivity contribution in [2.75, 3.05) is 16.0 Å². The molecular weight excluding hydrogens is 402 g/mol. The van der Waals surface area contributed by atoms with Crippen LogP contribution in [0.25, 0.3) is 0 Å². The molecule has 0 spiro atoms. The second kappa shape index (κ2) is 8.71. The van der Waals surface area contributed by atoms with Crippen LogP contribution in [0.4, 0.5) is 16.2 Å². The molecule has 7 heteroatoms. The average molecular weight is 424 g/mol. The Bertz CT molecular complexity index is 1020. The molecule has 2 N–H and O–H groups in total. The molecule has 0 saturated heterocycles. The molecule has 5 nitrogen and oxygen atoms in total. The lowest BCUT2D eigenvalue weighted by Gasteiger charge is -2.29. The van der Waals surface area contributed by atoms with E-state index < -0.39 is 0 Å². The van der Waals surface area contributed by atoms with Gasteiger partial charge >= 0.3 is 6.03 Å². The van der Waals surface area contributed by atoms with Gasteiger partial charge in [-0.1, -0.05) is 35.9 Å². The van der Waals surface area contributed by atoms with Crippen molar-refractivity contribution in [1.82, 2.24) is 5.32 Å². The van der Waals surface area contributed by atoms with Gasteiger partial charge in [-0.15, -0.1) is 23.1 Å². The predicted molar refractivity (Wildman–Crippen MR) is 120 cm³/mol. The summed E-state index contributed by atoms with van der Waals surface area (Å²) in [6.45, 7) is 3.05. The number of urea groups is 1. The van der Waals surface area contributed by atoms with Crippen molar-refractivity contribution in [2.24, 2.45) is 0 Å². The smallest absolute Gasteiger partial charge is 0.319 e. The van der Waals surface area contributed by atoms with E-state index in [4.69, 9.17) is 0 Å². The van der Waals surface area contributed by atoms with Gasteiger partial charge in [0, 0.05) is 15.5 Å². The summed E-state index contributed by atoms with van der Waals surface area (Å²) in [7, 11) is 0. The number of nitrogens with zero attached hydrogens (tertiary/aromatic N) is 1. The monoisotopic (exact) mass is 423 g/mol. The van der Waals surface area contributed by atoms with Crippen molar-refractivity contribution in [3.8, 4) is 0 Å². The van der Waals surface area contributed by atoms with Crippen molar-refractivity contribution in [2.45, 2.75) is 24.9 Å². The second-order valence-electron chi connectivity index (χ2n) is 6.82.